The quantitative estimate of drug-likeness (QED) is 0.709. The molecule has 0 radical (unpaired) electrons. The molecule has 1 aliphatic rings. The Bertz CT molecular complexity index is 288. The molecule has 0 aliphatic carbocycles. The van der Waals surface area contributed by atoms with Crippen LogP contribution in [0.2, 0.25) is 0 Å². The Kier molecular flexibility index (Phi) is 20.1. The van der Waals surface area contributed by atoms with E-state index in [0.29, 0.717) is 6.54 Å². The van der Waals surface area contributed by atoms with E-state index in [9.17, 15) is 4.79 Å². The Balaban J connectivity index is -0.000000375. The average Bonchev–Trinajstić information content (AvgIpc) is 2.49. The number of hydrogen-bond donors (Lipinski definition) is 1. The normalized spacial score (nSPS) is 17.1. The van der Waals surface area contributed by atoms with Gasteiger partial charge in [0.25, 0.3) is 0 Å². The number of amides is 1. The fourth-order valence-electron chi connectivity index (χ4n) is 1.44. The van der Waals surface area contributed by atoms with Crippen molar-refractivity contribution in [2.24, 2.45) is 5.92 Å². The van der Waals surface area contributed by atoms with Crippen LogP contribution in [0.3, 0.4) is 0 Å². The van der Waals surface area contributed by atoms with E-state index in [0.717, 1.165) is 5.57 Å². The molecule has 1 unspecified atom stereocenters. The van der Waals surface area contributed by atoms with Gasteiger partial charge in [-0.3, -0.25) is 4.79 Å². The van der Waals surface area contributed by atoms with E-state index in [1.807, 2.05) is 67.5 Å². The highest BCUT2D eigenvalue weighted by Crippen LogP contribution is 2.20. The first-order valence-corrected chi connectivity index (χ1v) is 7.43. The van der Waals surface area contributed by atoms with Gasteiger partial charge in [0.2, 0.25) is 5.91 Å². The summed E-state index contributed by atoms with van der Waals surface area (Å²) in [5.41, 5.74) is 2.34. The maximum absolute atomic E-state index is 11.3. The molecule has 1 rings (SSSR count). The van der Waals surface area contributed by atoms with Gasteiger partial charge >= 0.3 is 0 Å². The lowest BCUT2D eigenvalue weighted by atomic mass is 9.92. The van der Waals surface area contributed by atoms with Gasteiger partial charge in [-0.15, -0.1) is 0 Å². The zero-order valence-corrected chi connectivity index (χ0v) is 14.1. The van der Waals surface area contributed by atoms with Crippen molar-refractivity contribution >= 4 is 5.91 Å². The van der Waals surface area contributed by atoms with Crippen LogP contribution in [0.5, 0.6) is 0 Å². The number of hydrogen-bond acceptors (Lipinski definition) is 1. The fraction of sp³-hybridized carbons (Fsp3) is 0.588. The van der Waals surface area contributed by atoms with Crippen LogP contribution in [0, 0.1) is 5.92 Å². The predicted molar refractivity (Wildman–Crippen MR) is 88.3 cm³/mol. The lowest BCUT2D eigenvalue weighted by Crippen LogP contribution is -2.36. The Morgan fingerprint density at radius 3 is 2.05 bits per heavy atom. The van der Waals surface area contributed by atoms with E-state index in [1.54, 1.807) is 6.08 Å². The number of carbonyl (C=O) groups is 1. The minimum Gasteiger partial charge on any atom is -0.352 e. The number of allylic oxidation sites excluding steroid dienone is 3. The molecule has 1 heterocycles. The van der Waals surface area contributed by atoms with E-state index >= 15 is 0 Å². The average molecular weight is 267 g/mol. The second-order valence-corrected chi connectivity index (χ2v) is 3.27. The van der Waals surface area contributed by atoms with Crippen LogP contribution < -0.4 is 5.32 Å². The smallest absolute Gasteiger partial charge is 0.227 e. The van der Waals surface area contributed by atoms with Crippen molar-refractivity contribution in [3.63, 3.8) is 0 Å². The van der Waals surface area contributed by atoms with Crippen LogP contribution in [0.1, 0.15) is 55.4 Å². The molecule has 0 fully saturated rings. The van der Waals surface area contributed by atoms with E-state index in [1.165, 1.54) is 5.57 Å². The second kappa shape index (κ2) is 16.7. The summed E-state index contributed by atoms with van der Waals surface area (Å²) in [5.74, 6) is 0.0688. The van der Waals surface area contributed by atoms with Crippen molar-refractivity contribution in [2.45, 2.75) is 55.4 Å². The van der Waals surface area contributed by atoms with E-state index in [2.05, 4.69) is 11.9 Å². The summed E-state index contributed by atoms with van der Waals surface area (Å²) < 4.78 is 0. The molecule has 1 aliphatic heterocycles. The highest BCUT2D eigenvalue weighted by molar-refractivity contribution is 5.83. The first-order valence-electron chi connectivity index (χ1n) is 7.43. The maximum Gasteiger partial charge on any atom is 0.227 e. The molecule has 0 spiro atoms. The van der Waals surface area contributed by atoms with Gasteiger partial charge in [-0.1, -0.05) is 71.9 Å². The summed E-state index contributed by atoms with van der Waals surface area (Å²) in [7, 11) is 0. The maximum atomic E-state index is 11.3. The number of nitrogens with one attached hydrogen (secondary N) is 1. The third-order valence-corrected chi connectivity index (χ3v) is 2.29. The lowest BCUT2D eigenvalue weighted by molar-refractivity contribution is -0.123. The monoisotopic (exact) mass is 267 g/mol. The molecule has 0 aromatic carbocycles. The molecule has 112 valence electrons. The van der Waals surface area contributed by atoms with Crippen molar-refractivity contribution in [3.05, 3.63) is 36.0 Å². The van der Waals surface area contributed by atoms with Gasteiger partial charge in [-0.05, 0) is 19.4 Å². The molecule has 0 aromatic rings. The molecule has 1 N–H and O–H groups in total. The molecule has 0 aromatic heterocycles. The molecule has 0 saturated carbocycles. The van der Waals surface area contributed by atoms with Crippen LogP contribution in [-0.4, -0.2) is 12.5 Å². The summed E-state index contributed by atoms with van der Waals surface area (Å²) in [5, 5.41) is 2.83. The van der Waals surface area contributed by atoms with Crippen LogP contribution in [0.15, 0.2) is 36.0 Å². The van der Waals surface area contributed by atoms with Gasteiger partial charge in [0.1, 0.15) is 0 Å². The highest BCUT2D eigenvalue weighted by atomic mass is 16.1. The van der Waals surface area contributed by atoms with Crippen molar-refractivity contribution in [3.8, 4) is 0 Å². The summed E-state index contributed by atoms with van der Waals surface area (Å²) in [6.45, 7) is 20.2. The second-order valence-electron chi connectivity index (χ2n) is 3.27. The van der Waals surface area contributed by atoms with Gasteiger partial charge in [0.05, 0.1) is 5.92 Å². The topological polar surface area (TPSA) is 29.1 Å². The predicted octanol–water partition coefficient (Wildman–Crippen LogP) is 4.89. The largest absolute Gasteiger partial charge is 0.352 e. The number of rotatable bonds is 2. The fourth-order valence-corrected chi connectivity index (χ4v) is 1.44. The van der Waals surface area contributed by atoms with Crippen LogP contribution in [0.25, 0.3) is 0 Å². The minimum atomic E-state index is -0.0371. The first kappa shape index (κ1) is 22.8. The molecule has 2 heteroatoms. The molecule has 1 amide bonds. The lowest BCUT2D eigenvalue weighted by Gasteiger charge is -2.22. The van der Waals surface area contributed by atoms with Crippen molar-refractivity contribution in [1.82, 2.24) is 5.32 Å². The molecular formula is C17H33NO. The molecule has 0 saturated heterocycles. The van der Waals surface area contributed by atoms with E-state index in [-0.39, 0.29) is 11.8 Å². The van der Waals surface area contributed by atoms with Gasteiger partial charge in [0.15, 0.2) is 0 Å². The van der Waals surface area contributed by atoms with Crippen LogP contribution >= 0.6 is 0 Å². The van der Waals surface area contributed by atoms with Crippen LogP contribution in [0.4, 0.5) is 0 Å². The standard InChI is InChI=1S/C11H15NO.3C2H6/c1-4-5-6-10-8(2)7-12-11(13)9(10)3;3*1-2/h4-6,9H,1,7H2,2-3H3,(H,12,13);3*1-2H3/b6-5-;;;. The Hall–Kier alpha value is -1.31. The number of carbonyl (C=O) groups excluding carboxylic acids is 1. The van der Waals surface area contributed by atoms with E-state index in [4.69, 9.17) is 0 Å². The van der Waals surface area contributed by atoms with E-state index < -0.39 is 0 Å². The molecular weight excluding hydrogens is 234 g/mol. The third-order valence-electron chi connectivity index (χ3n) is 2.29. The van der Waals surface area contributed by atoms with Gasteiger partial charge < -0.3 is 5.32 Å². The highest BCUT2D eigenvalue weighted by Gasteiger charge is 2.21. The summed E-state index contributed by atoms with van der Waals surface area (Å²) >= 11 is 0. The Labute approximate surface area is 120 Å². The van der Waals surface area contributed by atoms with Crippen LogP contribution in [-0.2, 0) is 4.79 Å². The third kappa shape index (κ3) is 9.29. The Morgan fingerprint density at radius 1 is 1.16 bits per heavy atom. The molecule has 2 nitrogen and oxygen atoms in total. The zero-order chi connectivity index (χ0) is 15.8. The zero-order valence-electron chi connectivity index (χ0n) is 14.1. The van der Waals surface area contributed by atoms with Crippen molar-refractivity contribution < 1.29 is 4.79 Å². The van der Waals surface area contributed by atoms with Gasteiger partial charge in [-0.2, -0.15) is 0 Å². The van der Waals surface area contributed by atoms with Gasteiger partial charge in [-0.25, -0.2) is 0 Å². The molecule has 1 atom stereocenters. The summed E-state index contributed by atoms with van der Waals surface area (Å²) in [4.78, 5) is 11.3. The SMILES string of the molecule is C=C/C=C\C1=C(C)CNC(=O)C1C.CC.CC.CC. The summed E-state index contributed by atoms with van der Waals surface area (Å²) in [6.07, 6.45) is 5.55. The molecule has 0 bridgehead atoms. The summed E-state index contributed by atoms with van der Waals surface area (Å²) in [6, 6.07) is 0. The molecule has 19 heavy (non-hydrogen) atoms. The Morgan fingerprint density at radius 2 is 1.63 bits per heavy atom. The van der Waals surface area contributed by atoms with Crippen molar-refractivity contribution in [2.75, 3.05) is 6.54 Å². The van der Waals surface area contributed by atoms with Gasteiger partial charge in [0, 0.05) is 6.54 Å². The minimum absolute atomic E-state index is 0.0371. The van der Waals surface area contributed by atoms with Crippen molar-refractivity contribution in [1.29, 1.82) is 0 Å². The first-order chi connectivity index (χ1) is 9.16.